The molecule has 0 spiro atoms. The predicted octanol–water partition coefficient (Wildman–Crippen LogP) is 2.71. The lowest BCUT2D eigenvalue weighted by molar-refractivity contribution is 0.179. The number of rotatable bonds is 8. The number of para-hydroxylation sites is 1. The normalized spacial score (nSPS) is 16.6. The van der Waals surface area contributed by atoms with Gasteiger partial charge in [-0.25, -0.2) is 0 Å². The highest BCUT2D eigenvalue weighted by molar-refractivity contribution is 5.52. The zero-order valence-electron chi connectivity index (χ0n) is 11.3. The van der Waals surface area contributed by atoms with Crippen molar-refractivity contribution in [3.63, 3.8) is 0 Å². The number of hydrogen-bond donors (Lipinski definition) is 1. The van der Waals surface area contributed by atoms with Crippen LogP contribution in [0.5, 0.6) is 0 Å². The van der Waals surface area contributed by atoms with E-state index < -0.39 is 0 Å². The summed E-state index contributed by atoms with van der Waals surface area (Å²) in [5.74, 6) is 0.778. The van der Waals surface area contributed by atoms with E-state index in [2.05, 4.69) is 29.6 Å². The molecule has 18 heavy (non-hydrogen) atoms. The molecule has 3 heteroatoms. The third-order valence-electron chi connectivity index (χ3n) is 3.47. The summed E-state index contributed by atoms with van der Waals surface area (Å²) in [6, 6.07) is 8.92. The molecule has 3 nitrogen and oxygen atoms in total. The minimum Gasteiger partial charge on any atom is -0.384 e. The van der Waals surface area contributed by atoms with E-state index in [-0.39, 0.29) is 0 Å². The van der Waals surface area contributed by atoms with Gasteiger partial charge >= 0.3 is 0 Å². The van der Waals surface area contributed by atoms with Crippen LogP contribution in [0.1, 0.15) is 18.4 Å². The molecule has 0 heterocycles. The van der Waals surface area contributed by atoms with Crippen molar-refractivity contribution >= 4 is 5.69 Å². The van der Waals surface area contributed by atoms with Gasteiger partial charge in [0.25, 0.3) is 0 Å². The lowest BCUT2D eigenvalue weighted by atomic mass is 10.1. The molecule has 0 amide bonds. The van der Waals surface area contributed by atoms with Crippen molar-refractivity contribution in [1.82, 2.24) is 0 Å². The fourth-order valence-corrected chi connectivity index (χ4v) is 2.26. The van der Waals surface area contributed by atoms with Crippen LogP contribution in [0.4, 0.5) is 5.69 Å². The van der Waals surface area contributed by atoms with Crippen LogP contribution < -0.4 is 5.32 Å². The van der Waals surface area contributed by atoms with Crippen molar-refractivity contribution in [2.45, 2.75) is 25.3 Å². The third kappa shape index (κ3) is 3.72. The minimum absolute atomic E-state index is 0.443. The average Bonchev–Trinajstić information content (AvgIpc) is 3.21. The monoisotopic (exact) mass is 249 g/mol. The molecule has 1 saturated carbocycles. The van der Waals surface area contributed by atoms with Crippen LogP contribution in [-0.4, -0.2) is 33.5 Å². The summed E-state index contributed by atoms with van der Waals surface area (Å²) in [6.45, 7) is 1.54. The van der Waals surface area contributed by atoms with E-state index in [0.29, 0.717) is 6.04 Å². The molecule has 1 aromatic carbocycles. The molecule has 1 aliphatic rings. The molecule has 1 atom stereocenters. The third-order valence-corrected chi connectivity index (χ3v) is 3.47. The Morgan fingerprint density at radius 3 is 2.67 bits per heavy atom. The second kappa shape index (κ2) is 6.76. The molecule has 0 bridgehead atoms. The second-order valence-electron chi connectivity index (χ2n) is 4.94. The van der Waals surface area contributed by atoms with E-state index in [4.69, 9.17) is 9.47 Å². The first kappa shape index (κ1) is 13.4. The number of benzene rings is 1. The molecule has 2 rings (SSSR count). The number of methoxy groups -OCH3 is 2. The average molecular weight is 249 g/mol. The Labute approximate surface area is 109 Å². The van der Waals surface area contributed by atoms with Gasteiger partial charge in [0.2, 0.25) is 0 Å². The molecule has 100 valence electrons. The summed E-state index contributed by atoms with van der Waals surface area (Å²) in [6.07, 6.45) is 3.59. The highest BCUT2D eigenvalue weighted by Gasteiger charge is 2.31. The quantitative estimate of drug-likeness (QED) is 0.768. The maximum atomic E-state index is 5.31. The van der Waals surface area contributed by atoms with Gasteiger partial charge in [0.05, 0.1) is 19.3 Å². The Morgan fingerprint density at radius 2 is 2.00 bits per heavy atom. The minimum atomic E-state index is 0.443. The summed E-state index contributed by atoms with van der Waals surface area (Å²) in [4.78, 5) is 0. The van der Waals surface area contributed by atoms with E-state index in [1.165, 1.54) is 24.1 Å². The van der Waals surface area contributed by atoms with E-state index >= 15 is 0 Å². The fraction of sp³-hybridized carbons (Fsp3) is 0.600. The van der Waals surface area contributed by atoms with Crippen molar-refractivity contribution in [2.24, 2.45) is 5.92 Å². The summed E-state index contributed by atoms with van der Waals surface area (Å²) < 4.78 is 10.5. The summed E-state index contributed by atoms with van der Waals surface area (Å²) in [5.41, 5.74) is 2.55. The number of hydrogen-bond acceptors (Lipinski definition) is 3. The van der Waals surface area contributed by atoms with Crippen LogP contribution in [-0.2, 0) is 15.9 Å². The number of anilines is 1. The first-order valence-electron chi connectivity index (χ1n) is 6.67. The van der Waals surface area contributed by atoms with Crippen molar-refractivity contribution in [2.75, 3.05) is 32.8 Å². The van der Waals surface area contributed by atoms with Gasteiger partial charge in [-0.3, -0.25) is 0 Å². The topological polar surface area (TPSA) is 30.5 Å². The lowest BCUT2D eigenvalue weighted by Crippen LogP contribution is -2.27. The van der Waals surface area contributed by atoms with Gasteiger partial charge in [-0.05, 0) is 36.8 Å². The van der Waals surface area contributed by atoms with E-state index in [1.54, 1.807) is 14.2 Å². The van der Waals surface area contributed by atoms with Gasteiger partial charge in [-0.15, -0.1) is 0 Å². The molecular weight excluding hydrogens is 226 g/mol. The van der Waals surface area contributed by atoms with Crippen LogP contribution in [0.25, 0.3) is 0 Å². The Hall–Kier alpha value is -1.06. The van der Waals surface area contributed by atoms with Gasteiger partial charge in [0, 0.05) is 19.9 Å². The summed E-state index contributed by atoms with van der Waals surface area (Å²) >= 11 is 0. The summed E-state index contributed by atoms with van der Waals surface area (Å²) in [5, 5.41) is 3.64. The van der Waals surface area contributed by atoms with Crippen LogP contribution in [0, 0.1) is 5.92 Å². The van der Waals surface area contributed by atoms with Crippen LogP contribution in [0.15, 0.2) is 24.3 Å². The first-order chi connectivity index (χ1) is 8.85. The highest BCUT2D eigenvalue weighted by atomic mass is 16.5. The molecule has 0 aromatic heterocycles. The lowest BCUT2D eigenvalue weighted by Gasteiger charge is -2.21. The van der Waals surface area contributed by atoms with Crippen LogP contribution in [0.2, 0.25) is 0 Å². The van der Waals surface area contributed by atoms with Gasteiger partial charge in [0.15, 0.2) is 0 Å². The molecule has 0 saturated heterocycles. The Morgan fingerprint density at radius 1 is 1.22 bits per heavy atom. The zero-order valence-corrected chi connectivity index (χ0v) is 11.3. The van der Waals surface area contributed by atoms with Crippen molar-refractivity contribution < 1.29 is 9.47 Å². The van der Waals surface area contributed by atoms with E-state index in [1.807, 2.05) is 0 Å². The fourth-order valence-electron chi connectivity index (χ4n) is 2.26. The molecule has 1 fully saturated rings. The van der Waals surface area contributed by atoms with E-state index in [9.17, 15) is 0 Å². The van der Waals surface area contributed by atoms with Crippen molar-refractivity contribution in [3.05, 3.63) is 29.8 Å². The van der Waals surface area contributed by atoms with Gasteiger partial charge in [-0.2, -0.15) is 0 Å². The molecule has 1 aromatic rings. The van der Waals surface area contributed by atoms with Gasteiger partial charge < -0.3 is 14.8 Å². The Kier molecular flexibility index (Phi) is 5.02. The zero-order chi connectivity index (χ0) is 12.8. The van der Waals surface area contributed by atoms with E-state index in [0.717, 1.165) is 25.6 Å². The predicted molar refractivity (Wildman–Crippen MR) is 74.0 cm³/mol. The standard InChI is InChI=1S/C15H23NO2/c1-17-10-9-12-5-3-4-6-14(12)16-15(11-18-2)13-7-8-13/h3-6,13,15-16H,7-11H2,1-2H3. The number of nitrogens with one attached hydrogen (secondary N) is 1. The Balaban J connectivity index is 2.01. The van der Waals surface area contributed by atoms with Crippen molar-refractivity contribution in [1.29, 1.82) is 0 Å². The first-order valence-corrected chi connectivity index (χ1v) is 6.67. The number of ether oxygens (including phenoxy) is 2. The van der Waals surface area contributed by atoms with Crippen LogP contribution >= 0.6 is 0 Å². The largest absolute Gasteiger partial charge is 0.384 e. The van der Waals surface area contributed by atoms with Gasteiger partial charge in [-0.1, -0.05) is 18.2 Å². The highest BCUT2D eigenvalue weighted by Crippen LogP contribution is 2.34. The maximum Gasteiger partial charge on any atom is 0.0666 e. The van der Waals surface area contributed by atoms with Crippen molar-refractivity contribution in [3.8, 4) is 0 Å². The second-order valence-corrected chi connectivity index (χ2v) is 4.94. The molecule has 1 aliphatic carbocycles. The summed E-state index contributed by atoms with van der Waals surface area (Å²) in [7, 11) is 3.52. The molecule has 1 N–H and O–H groups in total. The maximum absolute atomic E-state index is 5.31. The van der Waals surface area contributed by atoms with Crippen LogP contribution in [0.3, 0.4) is 0 Å². The van der Waals surface area contributed by atoms with Gasteiger partial charge in [0.1, 0.15) is 0 Å². The Bertz CT molecular complexity index is 363. The molecule has 1 unspecified atom stereocenters. The molecule has 0 aliphatic heterocycles. The SMILES string of the molecule is COCCc1ccccc1NC(COC)C1CC1. The molecular formula is C15H23NO2. The molecule has 0 radical (unpaired) electrons. The smallest absolute Gasteiger partial charge is 0.0666 e.